The minimum Gasteiger partial charge on any atom is -0.423 e. The van der Waals surface area contributed by atoms with E-state index in [-0.39, 0.29) is 0 Å². The molecular formula is C20H14N2O2S. The van der Waals surface area contributed by atoms with Gasteiger partial charge in [0.25, 0.3) is 0 Å². The van der Waals surface area contributed by atoms with Crippen molar-refractivity contribution in [1.29, 1.82) is 5.26 Å². The number of ether oxygens (including phenoxy) is 1. The zero-order valence-corrected chi connectivity index (χ0v) is 14.3. The molecule has 0 aliphatic carbocycles. The number of esters is 1. The Morgan fingerprint density at radius 1 is 1.04 bits per heavy atom. The van der Waals surface area contributed by atoms with Crippen molar-refractivity contribution in [3.8, 4) is 22.9 Å². The molecule has 5 heteroatoms. The maximum atomic E-state index is 12.3. The summed E-state index contributed by atoms with van der Waals surface area (Å²) in [6.45, 7) is 0. The van der Waals surface area contributed by atoms with Crippen LogP contribution in [0.15, 0.2) is 71.9 Å². The lowest BCUT2D eigenvalue weighted by Crippen LogP contribution is -2.10. The van der Waals surface area contributed by atoms with Crippen LogP contribution in [0, 0.1) is 11.3 Å². The topological polar surface area (TPSA) is 63.0 Å². The maximum Gasteiger partial charge on any atom is 0.346 e. The molecule has 0 aliphatic heterocycles. The van der Waals surface area contributed by atoms with Crippen molar-refractivity contribution in [3.05, 3.63) is 78.0 Å². The molecule has 1 heterocycles. The third-order valence-electron chi connectivity index (χ3n) is 3.60. The fourth-order valence-electron chi connectivity index (χ4n) is 2.32. The van der Waals surface area contributed by atoms with Crippen LogP contribution in [0.2, 0.25) is 0 Å². The Morgan fingerprint density at radius 2 is 1.68 bits per heavy atom. The lowest BCUT2D eigenvalue weighted by molar-refractivity contribution is 0.0730. The summed E-state index contributed by atoms with van der Waals surface area (Å²) in [6.07, 6.45) is 3.51. The number of hydrogen-bond donors (Lipinski definition) is 0. The van der Waals surface area contributed by atoms with Crippen molar-refractivity contribution >= 4 is 17.7 Å². The molecule has 1 aromatic heterocycles. The summed E-state index contributed by atoms with van der Waals surface area (Å²) in [5.41, 5.74) is 3.05. The van der Waals surface area contributed by atoms with Gasteiger partial charge in [-0.2, -0.15) is 5.26 Å². The van der Waals surface area contributed by atoms with E-state index >= 15 is 0 Å². The summed E-state index contributed by atoms with van der Waals surface area (Å²) in [5, 5.41) is 9.49. The standard InChI is InChI=1S/C20H14N2O2S/c1-25-19-18(3-2-12-22-19)20(23)24-17-10-8-16(9-11-17)15-6-4-14(13-21)5-7-15/h2-12H,1H3. The molecule has 0 N–H and O–H groups in total. The van der Waals surface area contributed by atoms with Gasteiger partial charge in [0.05, 0.1) is 17.2 Å². The van der Waals surface area contributed by atoms with E-state index in [2.05, 4.69) is 11.1 Å². The highest BCUT2D eigenvalue weighted by Gasteiger charge is 2.14. The Morgan fingerprint density at radius 3 is 2.28 bits per heavy atom. The smallest absolute Gasteiger partial charge is 0.346 e. The molecule has 3 rings (SSSR count). The monoisotopic (exact) mass is 346 g/mol. The van der Waals surface area contributed by atoms with Gasteiger partial charge in [0.15, 0.2) is 0 Å². The highest BCUT2D eigenvalue weighted by molar-refractivity contribution is 7.98. The number of carbonyl (C=O) groups is 1. The van der Waals surface area contributed by atoms with Crippen molar-refractivity contribution in [1.82, 2.24) is 4.98 Å². The Bertz CT molecular complexity index is 929. The third-order valence-corrected chi connectivity index (χ3v) is 4.31. The van der Waals surface area contributed by atoms with Crippen molar-refractivity contribution in [2.45, 2.75) is 5.03 Å². The van der Waals surface area contributed by atoms with E-state index in [1.165, 1.54) is 11.8 Å². The minimum absolute atomic E-state index is 0.427. The van der Waals surface area contributed by atoms with Gasteiger partial charge in [0.1, 0.15) is 10.8 Å². The van der Waals surface area contributed by atoms with Gasteiger partial charge in [-0.3, -0.25) is 0 Å². The zero-order chi connectivity index (χ0) is 17.6. The Kier molecular flexibility index (Phi) is 5.12. The van der Waals surface area contributed by atoms with Gasteiger partial charge in [-0.05, 0) is 53.8 Å². The van der Waals surface area contributed by atoms with Crippen LogP contribution in [0.5, 0.6) is 5.75 Å². The van der Waals surface area contributed by atoms with Crippen LogP contribution in [0.4, 0.5) is 0 Å². The second-order valence-electron chi connectivity index (χ2n) is 5.16. The van der Waals surface area contributed by atoms with E-state index in [0.717, 1.165) is 11.1 Å². The first-order valence-electron chi connectivity index (χ1n) is 7.53. The number of thioether (sulfide) groups is 1. The molecule has 0 radical (unpaired) electrons. The van der Waals surface area contributed by atoms with Crippen molar-refractivity contribution < 1.29 is 9.53 Å². The van der Waals surface area contributed by atoms with E-state index in [9.17, 15) is 4.79 Å². The third kappa shape index (κ3) is 3.87. The molecule has 0 unspecified atom stereocenters. The number of hydrogen-bond acceptors (Lipinski definition) is 5. The van der Waals surface area contributed by atoms with Crippen LogP contribution in [-0.2, 0) is 0 Å². The van der Waals surface area contributed by atoms with Crippen molar-refractivity contribution in [3.63, 3.8) is 0 Å². The maximum absolute atomic E-state index is 12.3. The molecule has 0 saturated carbocycles. The van der Waals surface area contributed by atoms with Gasteiger partial charge in [-0.1, -0.05) is 24.3 Å². The van der Waals surface area contributed by atoms with Crippen LogP contribution >= 0.6 is 11.8 Å². The van der Waals surface area contributed by atoms with Gasteiger partial charge in [-0.25, -0.2) is 9.78 Å². The lowest BCUT2D eigenvalue weighted by atomic mass is 10.0. The number of nitriles is 1. The molecule has 0 bridgehead atoms. The van der Waals surface area contributed by atoms with Gasteiger partial charge in [0, 0.05) is 6.20 Å². The average molecular weight is 346 g/mol. The molecule has 122 valence electrons. The first kappa shape index (κ1) is 16.7. The Labute approximate surface area is 150 Å². The molecule has 0 spiro atoms. The van der Waals surface area contributed by atoms with Gasteiger partial charge >= 0.3 is 5.97 Å². The normalized spacial score (nSPS) is 10.1. The first-order valence-corrected chi connectivity index (χ1v) is 8.75. The predicted octanol–water partition coefficient (Wildman–Crippen LogP) is 4.56. The minimum atomic E-state index is -0.427. The summed E-state index contributed by atoms with van der Waals surface area (Å²) in [7, 11) is 0. The SMILES string of the molecule is CSc1ncccc1C(=O)Oc1ccc(-c2ccc(C#N)cc2)cc1. The Hall–Kier alpha value is -3.10. The molecule has 0 amide bonds. The molecule has 0 aliphatic rings. The number of carbonyl (C=O) groups excluding carboxylic acids is 1. The summed E-state index contributed by atoms with van der Waals surface area (Å²) in [5.74, 6) is 0.0434. The summed E-state index contributed by atoms with van der Waals surface area (Å²) in [4.78, 5) is 16.5. The van der Waals surface area contributed by atoms with E-state index in [4.69, 9.17) is 10.00 Å². The molecule has 2 aromatic carbocycles. The van der Waals surface area contributed by atoms with Crippen molar-refractivity contribution in [2.24, 2.45) is 0 Å². The van der Waals surface area contributed by atoms with Crippen LogP contribution in [0.1, 0.15) is 15.9 Å². The average Bonchev–Trinajstić information content (AvgIpc) is 2.68. The highest BCUT2D eigenvalue weighted by Crippen LogP contribution is 2.24. The van der Waals surface area contributed by atoms with Crippen molar-refractivity contribution in [2.75, 3.05) is 6.26 Å². The lowest BCUT2D eigenvalue weighted by Gasteiger charge is -2.08. The number of benzene rings is 2. The highest BCUT2D eigenvalue weighted by atomic mass is 32.2. The number of pyridine rings is 1. The molecule has 0 atom stereocenters. The zero-order valence-electron chi connectivity index (χ0n) is 13.5. The quantitative estimate of drug-likeness (QED) is 0.394. The van der Waals surface area contributed by atoms with Crippen LogP contribution < -0.4 is 4.74 Å². The van der Waals surface area contributed by atoms with Crippen LogP contribution in [0.3, 0.4) is 0 Å². The van der Waals surface area contributed by atoms with E-state index < -0.39 is 5.97 Å². The number of rotatable bonds is 4. The second kappa shape index (κ2) is 7.65. The summed E-state index contributed by atoms with van der Waals surface area (Å²) >= 11 is 1.40. The molecule has 0 fully saturated rings. The van der Waals surface area contributed by atoms with E-state index in [1.54, 1.807) is 42.6 Å². The molecule has 4 nitrogen and oxygen atoms in total. The Balaban J connectivity index is 1.76. The second-order valence-corrected chi connectivity index (χ2v) is 5.96. The fraction of sp³-hybridized carbons (Fsp3) is 0.0500. The van der Waals surface area contributed by atoms with E-state index in [1.807, 2.05) is 30.5 Å². The van der Waals surface area contributed by atoms with Gasteiger partial charge < -0.3 is 4.74 Å². The number of nitrogens with zero attached hydrogens (tertiary/aromatic N) is 2. The van der Waals surface area contributed by atoms with Crippen LogP contribution in [0.25, 0.3) is 11.1 Å². The summed E-state index contributed by atoms with van der Waals surface area (Å²) < 4.78 is 5.43. The number of aromatic nitrogens is 1. The predicted molar refractivity (Wildman–Crippen MR) is 97.6 cm³/mol. The van der Waals surface area contributed by atoms with E-state index in [0.29, 0.717) is 21.9 Å². The largest absolute Gasteiger partial charge is 0.423 e. The fourth-order valence-corrected chi connectivity index (χ4v) is 2.86. The molecular weight excluding hydrogens is 332 g/mol. The summed E-state index contributed by atoms with van der Waals surface area (Å²) in [6, 6.07) is 20.1. The molecule has 25 heavy (non-hydrogen) atoms. The molecule has 0 saturated heterocycles. The van der Waals surface area contributed by atoms with Gasteiger partial charge in [-0.15, -0.1) is 11.8 Å². The van der Waals surface area contributed by atoms with Crippen LogP contribution in [-0.4, -0.2) is 17.2 Å². The molecule has 3 aromatic rings. The first-order chi connectivity index (χ1) is 12.2. The van der Waals surface area contributed by atoms with Gasteiger partial charge in [0.2, 0.25) is 0 Å².